The number of fused-ring (bicyclic) bond motifs is 3. The number of benzene rings is 2. The molecule has 2 heterocycles. The standard InChI is InChI=1S/C24H22N4O6/c29-20(30)12-14-6-5-11-28(14)23(31)21-22(27-34-26-21)25-24(32)33-13-19-17-9-3-1-7-15(17)16-8-2-4-10-18(16)19/h1-4,7-10,14,19H,5-6,11-13H2,(H,29,30)(H,25,27,32)/t14-/m1/s1. The van der Waals surface area contributed by atoms with Gasteiger partial charge in [0.25, 0.3) is 5.91 Å². The summed E-state index contributed by atoms with van der Waals surface area (Å²) >= 11 is 0. The van der Waals surface area contributed by atoms with Gasteiger partial charge in [0.05, 0.1) is 6.42 Å². The molecule has 34 heavy (non-hydrogen) atoms. The van der Waals surface area contributed by atoms with E-state index in [-0.39, 0.29) is 30.5 Å². The van der Waals surface area contributed by atoms with Crippen LogP contribution in [0.5, 0.6) is 0 Å². The van der Waals surface area contributed by atoms with E-state index in [0.29, 0.717) is 19.4 Å². The Kier molecular flexibility index (Phi) is 5.70. The Morgan fingerprint density at radius 1 is 1.06 bits per heavy atom. The van der Waals surface area contributed by atoms with Gasteiger partial charge in [-0.25, -0.2) is 9.42 Å². The summed E-state index contributed by atoms with van der Waals surface area (Å²) in [5, 5.41) is 18.8. The third-order valence-corrected chi connectivity index (χ3v) is 6.30. The minimum Gasteiger partial charge on any atom is -0.481 e. The summed E-state index contributed by atoms with van der Waals surface area (Å²) in [6.07, 6.45) is 0.310. The molecular formula is C24H22N4O6. The highest BCUT2D eigenvalue weighted by atomic mass is 16.6. The average molecular weight is 462 g/mol. The monoisotopic (exact) mass is 462 g/mol. The van der Waals surface area contributed by atoms with Gasteiger partial charge in [-0.1, -0.05) is 48.5 Å². The van der Waals surface area contributed by atoms with E-state index in [1.165, 1.54) is 4.90 Å². The van der Waals surface area contributed by atoms with E-state index in [2.05, 4.69) is 20.3 Å². The van der Waals surface area contributed by atoms with Crippen molar-refractivity contribution in [1.82, 2.24) is 15.2 Å². The SMILES string of the molecule is O=C(O)C[C@H]1CCCN1C(=O)c1nonc1NC(=O)OCC1c2ccccc2-c2ccccc21. The molecule has 2 amide bonds. The second-order valence-electron chi connectivity index (χ2n) is 8.30. The maximum absolute atomic E-state index is 12.9. The first kappa shape index (κ1) is 21.6. The van der Waals surface area contributed by atoms with Crippen LogP contribution in [0.3, 0.4) is 0 Å². The molecule has 1 fully saturated rings. The Morgan fingerprint density at radius 2 is 1.74 bits per heavy atom. The largest absolute Gasteiger partial charge is 0.481 e. The van der Waals surface area contributed by atoms with E-state index < -0.39 is 24.0 Å². The summed E-state index contributed by atoms with van der Waals surface area (Å²) < 4.78 is 10.2. The smallest absolute Gasteiger partial charge is 0.412 e. The van der Waals surface area contributed by atoms with Crippen molar-refractivity contribution in [3.8, 4) is 11.1 Å². The number of nitrogens with one attached hydrogen (secondary N) is 1. The third kappa shape index (κ3) is 3.98. The van der Waals surface area contributed by atoms with Crippen molar-refractivity contribution in [3.05, 3.63) is 65.4 Å². The second kappa shape index (κ2) is 8.97. The van der Waals surface area contributed by atoms with Gasteiger partial charge < -0.3 is 14.7 Å². The molecule has 5 rings (SSSR count). The lowest BCUT2D eigenvalue weighted by molar-refractivity contribution is -0.137. The topological polar surface area (TPSA) is 135 Å². The van der Waals surface area contributed by atoms with Gasteiger partial charge in [0.1, 0.15) is 6.61 Å². The number of rotatable bonds is 6. The van der Waals surface area contributed by atoms with Crippen molar-refractivity contribution >= 4 is 23.8 Å². The van der Waals surface area contributed by atoms with Gasteiger partial charge in [0.2, 0.25) is 11.5 Å². The van der Waals surface area contributed by atoms with Gasteiger partial charge >= 0.3 is 12.1 Å². The van der Waals surface area contributed by atoms with E-state index in [0.717, 1.165) is 22.3 Å². The highest BCUT2D eigenvalue weighted by Crippen LogP contribution is 2.44. The van der Waals surface area contributed by atoms with Crippen LogP contribution in [0, 0.1) is 0 Å². The van der Waals surface area contributed by atoms with Crippen molar-refractivity contribution in [1.29, 1.82) is 0 Å². The van der Waals surface area contributed by atoms with E-state index in [1.54, 1.807) is 0 Å². The minimum atomic E-state index is -0.986. The number of likely N-dealkylation sites (tertiary alicyclic amines) is 1. The number of amides is 2. The van der Waals surface area contributed by atoms with Crippen LogP contribution >= 0.6 is 0 Å². The number of hydrogen-bond acceptors (Lipinski definition) is 7. The molecule has 3 aromatic rings. The highest BCUT2D eigenvalue weighted by molar-refractivity contribution is 6.00. The fourth-order valence-electron chi connectivity index (χ4n) is 4.79. The summed E-state index contributed by atoms with van der Waals surface area (Å²) in [4.78, 5) is 38.0. The normalized spacial score (nSPS) is 16.7. The predicted octanol–water partition coefficient (Wildman–Crippen LogP) is 3.51. The molecule has 1 saturated heterocycles. The van der Waals surface area contributed by atoms with Crippen LogP contribution in [0.15, 0.2) is 53.2 Å². The van der Waals surface area contributed by atoms with Crippen molar-refractivity contribution in [2.45, 2.75) is 31.2 Å². The van der Waals surface area contributed by atoms with Crippen LogP contribution in [0.2, 0.25) is 0 Å². The van der Waals surface area contributed by atoms with Crippen LogP contribution in [0.1, 0.15) is 46.8 Å². The Labute approximate surface area is 194 Å². The van der Waals surface area contributed by atoms with Crippen molar-refractivity contribution in [2.24, 2.45) is 0 Å². The molecular weight excluding hydrogens is 440 g/mol. The van der Waals surface area contributed by atoms with Gasteiger partial charge in [-0.3, -0.25) is 14.9 Å². The van der Waals surface area contributed by atoms with Crippen LogP contribution in [-0.4, -0.2) is 57.5 Å². The number of anilines is 1. The van der Waals surface area contributed by atoms with Gasteiger partial charge in [-0.05, 0) is 45.4 Å². The molecule has 1 atom stereocenters. The van der Waals surface area contributed by atoms with Crippen molar-refractivity contribution in [2.75, 3.05) is 18.5 Å². The number of aliphatic carboxylic acids is 1. The number of carboxylic acid groups (broad SMARTS) is 1. The number of nitrogens with zero attached hydrogens (tertiary/aromatic N) is 3. The van der Waals surface area contributed by atoms with Crippen LogP contribution in [0.4, 0.5) is 10.6 Å². The number of aromatic nitrogens is 2. The Balaban J connectivity index is 1.26. The second-order valence-corrected chi connectivity index (χ2v) is 8.30. The highest BCUT2D eigenvalue weighted by Gasteiger charge is 2.35. The molecule has 10 heteroatoms. The number of carbonyl (C=O) groups excluding carboxylic acids is 2. The lowest BCUT2D eigenvalue weighted by atomic mass is 9.98. The number of carboxylic acids is 1. The number of hydrogen-bond donors (Lipinski definition) is 2. The Bertz CT molecular complexity index is 1210. The first-order valence-electron chi connectivity index (χ1n) is 11.0. The Morgan fingerprint density at radius 3 is 2.41 bits per heavy atom. The third-order valence-electron chi connectivity index (χ3n) is 6.30. The molecule has 1 aliphatic heterocycles. The zero-order chi connectivity index (χ0) is 23.7. The molecule has 2 N–H and O–H groups in total. The summed E-state index contributed by atoms with van der Waals surface area (Å²) in [6, 6.07) is 15.5. The molecule has 2 aliphatic rings. The Hall–Kier alpha value is -4.21. The molecule has 2 aromatic carbocycles. The molecule has 0 saturated carbocycles. The van der Waals surface area contributed by atoms with Crippen LogP contribution in [-0.2, 0) is 9.53 Å². The summed E-state index contributed by atoms with van der Waals surface area (Å²) in [5.74, 6) is -1.81. The summed E-state index contributed by atoms with van der Waals surface area (Å²) in [6.45, 7) is 0.495. The molecule has 0 spiro atoms. The first-order valence-corrected chi connectivity index (χ1v) is 11.0. The molecule has 1 aliphatic carbocycles. The molecule has 0 unspecified atom stereocenters. The number of ether oxygens (including phenoxy) is 1. The van der Waals surface area contributed by atoms with Gasteiger partial charge in [0.15, 0.2) is 0 Å². The number of carbonyl (C=O) groups is 3. The lowest BCUT2D eigenvalue weighted by Gasteiger charge is -2.22. The zero-order valence-electron chi connectivity index (χ0n) is 18.1. The lowest BCUT2D eigenvalue weighted by Crippen LogP contribution is -2.37. The minimum absolute atomic E-state index is 0.0984. The fourth-order valence-corrected chi connectivity index (χ4v) is 4.79. The quantitative estimate of drug-likeness (QED) is 0.568. The van der Waals surface area contributed by atoms with Gasteiger partial charge in [0, 0.05) is 18.5 Å². The fraction of sp³-hybridized carbons (Fsp3) is 0.292. The van der Waals surface area contributed by atoms with Gasteiger partial charge in [-0.15, -0.1) is 0 Å². The molecule has 0 radical (unpaired) electrons. The van der Waals surface area contributed by atoms with E-state index >= 15 is 0 Å². The molecule has 174 valence electrons. The van der Waals surface area contributed by atoms with Crippen LogP contribution < -0.4 is 5.32 Å². The summed E-state index contributed by atoms with van der Waals surface area (Å²) in [7, 11) is 0. The van der Waals surface area contributed by atoms with E-state index in [4.69, 9.17) is 9.84 Å². The predicted molar refractivity (Wildman–Crippen MR) is 119 cm³/mol. The average Bonchev–Trinajstić information content (AvgIpc) is 3.55. The summed E-state index contributed by atoms with van der Waals surface area (Å²) in [5.41, 5.74) is 4.19. The van der Waals surface area contributed by atoms with Crippen molar-refractivity contribution in [3.63, 3.8) is 0 Å². The first-order chi connectivity index (χ1) is 16.5. The van der Waals surface area contributed by atoms with E-state index in [1.807, 2.05) is 48.5 Å². The molecule has 1 aromatic heterocycles. The molecule has 0 bridgehead atoms. The van der Waals surface area contributed by atoms with Crippen molar-refractivity contribution < 1.29 is 28.9 Å². The van der Waals surface area contributed by atoms with E-state index in [9.17, 15) is 14.4 Å². The maximum atomic E-state index is 12.9. The van der Waals surface area contributed by atoms with Crippen LogP contribution in [0.25, 0.3) is 11.1 Å². The molecule has 10 nitrogen and oxygen atoms in total. The maximum Gasteiger partial charge on any atom is 0.412 e. The van der Waals surface area contributed by atoms with Gasteiger partial charge in [-0.2, -0.15) is 0 Å². The zero-order valence-corrected chi connectivity index (χ0v) is 18.1.